The van der Waals surface area contributed by atoms with E-state index in [2.05, 4.69) is 5.10 Å². The monoisotopic (exact) mass is 271 g/mol. The zero-order valence-electron chi connectivity index (χ0n) is 11.1. The normalized spacial score (nSPS) is 11.4. The van der Waals surface area contributed by atoms with Crippen molar-refractivity contribution in [2.75, 3.05) is 7.11 Å². The molecule has 1 atom stereocenters. The highest BCUT2D eigenvalue weighted by Crippen LogP contribution is 2.20. The van der Waals surface area contributed by atoms with Crippen molar-refractivity contribution in [2.45, 2.75) is 13.0 Å². The van der Waals surface area contributed by atoms with E-state index in [4.69, 9.17) is 14.7 Å². The molecule has 0 saturated carbocycles. The molecule has 0 saturated heterocycles. The number of carbonyl (C=O) groups excluding carboxylic acids is 1. The van der Waals surface area contributed by atoms with E-state index in [9.17, 15) is 4.79 Å². The third-order valence-corrected chi connectivity index (χ3v) is 2.58. The van der Waals surface area contributed by atoms with Crippen LogP contribution in [0.4, 0.5) is 0 Å². The van der Waals surface area contributed by atoms with Gasteiger partial charge in [-0.1, -0.05) is 18.2 Å². The fraction of sp³-hybridized carbons (Fsp3) is 0.214. The average Bonchev–Trinajstić information content (AvgIpc) is 2.92. The molecule has 0 aliphatic rings. The van der Waals surface area contributed by atoms with Crippen LogP contribution in [0.3, 0.4) is 0 Å². The molecule has 6 heteroatoms. The van der Waals surface area contributed by atoms with Crippen LogP contribution in [0, 0.1) is 11.3 Å². The molecule has 0 spiro atoms. The molecule has 0 N–H and O–H groups in total. The van der Waals surface area contributed by atoms with Crippen molar-refractivity contribution in [2.24, 2.45) is 0 Å². The van der Waals surface area contributed by atoms with Gasteiger partial charge in [0.05, 0.1) is 19.0 Å². The van der Waals surface area contributed by atoms with E-state index < -0.39 is 12.1 Å². The number of esters is 1. The van der Waals surface area contributed by atoms with E-state index in [1.807, 2.05) is 36.4 Å². The van der Waals surface area contributed by atoms with Gasteiger partial charge in [-0.2, -0.15) is 10.4 Å². The Morgan fingerprint density at radius 3 is 2.70 bits per heavy atom. The molecule has 2 rings (SSSR count). The molecule has 1 unspecified atom stereocenters. The van der Waals surface area contributed by atoms with E-state index in [-0.39, 0.29) is 5.69 Å². The van der Waals surface area contributed by atoms with Gasteiger partial charge in [0.15, 0.2) is 11.9 Å². The van der Waals surface area contributed by atoms with Crippen LogP contribution in [0.1, 0.15) is 17.4 Å². The van der Waals surface area contributed by atoms with Gasteiger partial charge < -0.3 is 9.47 Å². The van der Waals surface area contributed by atoms with Gasteiger partial charge in [0.25, 0.3) is 0 Å². The van der Waals surface area contributed by atoms with Crippen molar-refractivity contribution in [1.82, 2.24) is 9.78 Å². The second-order valence-corrected chi connectivity index (χ2v) is 4.00. The van der Waals surface area contributed by atoms with E-state index >= 15 is 0 Å². The zero-order chi connectivity index (χ0) is 14.5. The lowest BCUT2D eigenvalue weighted by molar-refractivity contribution is 0.0424. The van der Waals surface area contributed by atoms with Gasteiger partial charge in [0, 0.05) is 0 Å². The smallest absolute Gasteiger partial charge is 0.364 e. The van der Waals surface area contributed by atoms with Crippen LogP contribution in [0.15, 0.2) is 36.5 Å². The number of rotatable bonds is 4. The Morgan fingerprint density at radius 1 is 1.40 bits per heavy atom. The third kappa shape index (κ3) is 2.78. The van der Waals surface area contributed by atoms with E-state index in [1.165, 1.54) is 18.7 Å². The topological polar surface area (TPSA) is 77.1 Å². The average molecular weight is 271 g/mol. The lowest BCUT2D eigenvalue weighted by Crippen LogP contribution is -2.14. The van der Waals surface area contributed by atoms with Crippen LogP contribution < -0.4 is 4.74 Å². The van der Waals surface area contributed by atoms with Crippen molar-refractivity contribution >= 4 is 5.97 Å². The molecule has 1 aromatic carbocycles. The number of nitriles is 1. The van der Waals surface area contributed by atoms with E-state index in [0.29, 0.717) is 5.75 Å². The molecule has 20 heavy (non-hydrogen) atoms. The Morgan fingerprint density at radius 2 is 2.10 bits per heavy atom. The second kappa shape index (κ2) is 5.89. The summed E-state index contributed by atoms with van der Waals surface area (Å²) in [5.41, 5.74) is 0.830. The summed E-state index contributed by atoms with van der Waals surface area (Å²) < 4.78 is 11.6. The molecule has 102 valence electrons. The van der Waals surface area contributed by atoms with Gasteiger partial charge in [-0.25, -0.2) is 9.48 Å². The molecule has 0 amide bonds. The lowest BCUT2D eigenvalue weighted by atomic mass is 10.3. The highest BCUT2D eigenvalue weighted by atomic mass is 16.5. The first-order valence-electron chi connectivity index (χ1n) is 5.95. The Kier molecular flexibility index (Phi) is 4.01. The highest BCUT2D eigenvalue weighted by molar-refractivity contribution is 5.90. The van der Waals surface area contributed by atoms with Crippen LogP contribution in [0.5, 0.6) is 5.75 Å². The number of nitrogens with zero attached hydrogens (tertiary/aromatic N) is 3. The first kappa shape index (κ1) is 13.6. The summed E-state index contributed by atoms with van der Waals surface area (Å²) in [5, 5.41) is 12.8. The minimum Gasteiger partial charge on any atom is -0.493 e. The largest absolute Gasteiger partial charge is 0.493 e. The lowest BCUT2D eigenvalue weighted by Gasteiger charge is -2.04. The number of carbonyl (C=O) groups is 1. The van der Waals surface area contributed by atoms with Gasteiger partial charge in [-0.15, -0.1) is 0 Å². The minimum absolute atomic E-state index is 0.0402. The number of hydrogen-bond donors (Lipinski definition) is 0. The first-order chi connectivity index (χ1) is 9.65. The summed E-state index contributed by atoms with van der Waals surface area (Å²) in [6.07, 6.45) is 0.747. The fourth-order valence-corrected chi connectivity index (χ4v) is 1.60. The Bertz CT molecular complexity index is 643. The molecule has 0 fully saturated rings. The van der Waals surface area contributed by atoms with Crippen LogP contribution in [-0.2, 0) is 4.74 Å². The minimum atomic E-state index is -0.839. The summed E-state index contributed by atoms with van der Waals surface area (Å²) >= 11 is 0. The fourth-order valence-electron chi connectivity index (χ4n) is 1.60. The van der Waals surface area contributed by atoms with Crippen molar-refractivity contribution < 1.29 is 14.3 Å². The van der Waals surface area contributed by atoms with Crippen molar-refractivity contribution in [3.8, 4) is 17.5 Å². The SMILES string of the molecule is COc1cn(-c2ccccc2)nc1C(=O)OC(C)C#N. The molecule has 1 aromatic heterocycles. The summed E-state index contributed by atoms with van der Waals surface area (Å²) in [4.78, 5) is 11.9. The molecular formula is C14H13N3O3. The maximum absolute atomic E-state index is 11.9. The van der Waals surface area contributed by atoms with E-state index in [0.717, 1.165) is 5.69 Å². The third-order valence-electron chi connectivity index (χ3n) is 2.58. The van der Waals surface area contributed by atoms with Crippen molar-refractivity contribution in [3.05, 3.63) is 42.2 Å². The number of hydrogen-bond acceptors (Lipinski definition) is 5. The maximum atomic E-state index is 11.9. The second-order valence-electron chi connectivity index (χ2n) is 4.00. The Balaban J connectivity index is 2.33. The van der Waals surface area contributed by atoms with Gasteiger partial charge in [0.1, 0.15) is 6.07 Å². The molecule has 6 nitrogen and oxygen atoms in total. The van der Waals surface area contributed by atoms with Crippen LogP contribution in [-0.4, -0.2) is 29.0 Å². The predicted octanol–water partition coefficient (Wildman–Crippen LogP) is 1.95. The van der Waals surface area contributed by atoms with Crippen LogP contribution >= 0.6 is 0 Å². The predicted molar refractivity (Wildman–Crippen MR) is 70.6 cm³/mol. The van der Waals surface area contributed by atoms with Gasteiger partial charge >= 0.3 is 5.97 Å². The summed E-state index contributed by atoms with van der Waals surface area (Å²) in [6, 6.07) is 11.1. The number of methoxy groups -OCH3 is 1. The van der Waals surface area contributed by atoms with E-state index in [1.54, 1.807) is 6.20 Å². The Hall–Kier alpha value is -2.81. The zero-order valence-corrected chi connectivity index (χ0v) is 11.1. The standard InChI is InChI=1S/C14H13N3O3/c1-10(8-15)20-14(18)13-12(19-2)9-17(16-13)11-6-4-3-5-7-11/h3-7,9-10H,1-2H3. The quantitative estimate of drug-likeness (QED) is 0.794. The molecule has 2 aromatic rings. The van der Waals surface area contributed by atoms with Gasteiger partial charge in [-0.05, 0) is 19.1 Å². The molecule has 0 aliphatic heterocycles. The van der Waals surface area contributed by atoms with Crippen molar-refractivity contribution in [1.29, 1.82) is 5.26 Å². The van der Waals surface area contributed by atoms with Gasteiger partial charge in [-0.3, -0.25) is 0 Å². The number of para-hydroxylation sites is 1. The molecular weight excluding hydrogens is 258 g/mol. The van der Waals surface area contributed by atoms with Gasteiger partial charge in [0.2, 0.25) is 5.69 Å². The summed E-state index contributed by atoms with van der Waals surface area (Å²) in [7, 11) is 1.44. The summed E-state index contributed by atoms with van der Waals surface area (Å²) in [6.45, 7) is 1.48. The maximum Gasteiger partial charge on any atom is 0.364 e. The first-order valence-corrected chi connectivity index (χ1v) is 5.95. The highest BCUT2D eigenvalue weighted by Gasteiger charge is 2.21. The Labute approximate surface area is 116 Å². The van der Waals surface area contributed by atoms with Crippen LogP contribution in [0.2, 0.25) is 0 Å². The number of benzene rings is 1. The summed E-state index contributed by atoms with van der Waals surface area (Å²) in [5.74, 6) is -0.394. The molecule has 0 radical (unpaired) electrons. The van der Waals surface area contributed by atoms with Crippen LogP contribution in [0.25, 0.3) is 5.69 Å². The van der Waals surface area contributed by atoms with Crippen molar-refractivity contribution in [3.63, 3.8) is 0 Å². The molecule has 0 bridgehead atoms. The number of aromatic nitrogens is 2. The number of ether oxygens (including phenoxy) is 2. The molecule has 1 heterocycles. The molecule has 0 aliphatic carbocycles.